The first-order valence-corrected chi connectivity index (χ1v) is 26.1. The van der Waals surface area contributed by atoms with Gasteiger partial charge in [0, 0.05) is 12.8 Å². The molecule has 11 heteroatoms. The Morgan fingerprint density at radius 2 is 0.847 bits per heavy atom. The van der Waals surface area contributed by atoms with Gasteiger partial charge in [-0.15, -0.1) is 0 Å². The lowest BCUT2D eigenvalue weighted by atomic mass is 10.0. The average molecular weight is 861 g/mol. The van der Waals surface area contributed by atoms with Crippen molar-refractivity contribution in [2.24, 2.45) is 0 Å². The summed E-state index contributed by atoms with van der Waals surface area (Å²) in [5, 5.41) is 18.4. The molecule has 0 radical (unpaired) electrons. The van der Waals surface area contributed by atoms with E-state index in [0.717, 1.165) is 38.5 Å². The molecule has 0 spiro atoms. The Labute approximate surface area is 362 Å². The van der Waals surface area contributed by atoms with E-state index in [2.05, 4.69) is 26.0 Å². The van der Waals surface area contributed by atoms with Crippen LogP contribution in [0, 0.1) is 0 Å². The van der Waals surface area contributed by atoms with Crippen LogP contribution in [0.5, 0.6) is 0 Å². The highest BCUT2D eigenvalue weighted by atomic mass is 31.2. The number of aliphatic hydroxyl groups excluding tert-OH is 2. The normalized spacial score (nSPS) is 13.8. The lowest BCUT2D eigenvalue weighted by molar-refractivity contribution is -0.161. The minimum absolute atomic E-state index is 0.190. The standard InChI is InChI=1S/C48H93O10P/c1-3-5-7-9-11-13-15-17-19-20-21-22-23-24-26-28-30-32-34-36-38-40-48(52)58-46(44-57-59(53,54)56-42-45(50)41-49)43-55-47(51)39-37-35-33-31-29-27-25-18-16-14-12-10-8-6-4-2/h10,12,45-46,49-50H,3-9,11,13-44H2,1-2H3,(H,53,54)/b12-10+/t45-,46+/m0/s1. The Kier molecular flexibility index (Phi) is 43.8. The number of phosphoric acid groups is 1. The Bertz CT molecular complexity index is 993. The largest absolute Gasteiger partial charge is 0.472 e. The monoisotopic (exact) mass is 861 g/mol. The Hall–Kier alpha value is -1.29. The molecule has 0 amide bonds. The molecule has 0 saturated carbocycles. The van der Waals surface area contributed by atoms with E-state index in [1.807, 2.05) is 0 Å². The van der Waals surface area contributed by atoms with Gasteiger partial charge in [-0.1, -0.05) is 212 Å². The van der Waals surface area contributed by atoms with Crippen molar-refractivity contribution in [2.45, 2.75) is 257 Å². The highest BCUT2D eigenvalue weighted by molar-refractivity contribution is 7.47. The van der Waals surface area contributed by atoms with E-state index < -0.39 is 51.8 Å². The highest BCUT2D eigenvalue weighted by Gasteiger charge is 2.27. The zero-order chi connectivity index (χ0) is 43.3. The number of aliphatic hydroxyl groups is 2. The molecule has 3 N–H and O–H groups in total. The van der Waals surface area contributed by atoms with Crippen molar-refractivity contribution in [1.29, 1.82) is 0 Å². The van der Waals surface area contributed by atoms with E-state index in [4.69, 9.17) is 23.6 Å². The summed E-state index contributed by atoms with van der Waals surface area (Å²) in [6.07, 6.45) is 44.6. The number of rotatable bonds is 47. The van der Waals surface area contributed by atoms with Crippen LogP contribution in [0.15, 0.2) is 12.2 Å². The third-order valence-corrected chi connectivity index (χ3v) is 11.9. The van der Waals surface area contributed by atoms with Gasteiger partial charge in [0.15, 0.2) is 6.10 Å². The third-order valence-electron chi connectivity index (χ3n) is 10.9. The van der Waals surface area contributed by atoms with Crippen molar-refractivity contribution in [3.05, 3.63) is 12.2 Å². The molecule has 0 aromatic heterocycles. The SMILES string of the molecule is CCCC/C=C/CCCCCCCCCCCC(=O)OC[C@H](COP(=O)(O)OC[C@@H](O)CO)OC(=O)CCCCCCCCCCCCCCCCCCCCCCC. The van der Waals surface area contributed by atoms with Crippen molar-refractivity contribution in [1.82, 2.24) is 0 Å². The summed E-state index contributed by atoms with van der Waals surface area (Å²) in [6.45, 7) is 2.40. The smallest absolute Gasteiger partial charge is 0.462 e. The molecule has 10 nitrogen and oxygen atoms in total. The fraction of sp³-hybridized carbons (Fsp3) is 0.917. The minimum atomic E-state index is -4.62. The molecule has 1 unspecified atom stereocenters. The van der Waals surface area contributed by atoms with Gasteiger partial charge >= 0.3 is 19.8 Å². The molecule has 0 fully saturated rings. The van der Waals surface area contributed by atoms with Crippen LogP contribution in [-0.4, -0.2) is 65.7 Å². The highest BCUT2D eigenvalue weighted by Crippen LogP contribution is 2.43. The molecule has 0 aliphatic heterocycles. The van der Waals surface area contributed by atoms with Crippen LogP contribution in [0.25, 0.3) is 0 Å². The maximum atomic E-state index is 12.7. The van der Waals surface area contributed by atoms with Crippen molar-refractivity contribution < 1.29 is 47.8 Å². The Morgan fingerprint density at radius 1 is 0.492 bits per heavy atom. The molecule has 59 heavy (non-hydrogen) atoms. The summed E-state index contributed by atoms with van der Waals surface area (Å²) >= 11 is 0. The first kappa shape index (κ1) is 57.7. The second-order valence-electron chi connectivity index (χ2n) is 16.8. The van der Waals surface area contributed by atoms with Crippen LogP contribution in [0.3, 0.4) is 0 Å². The summed E-state index contributed by atoms with van der Waals surface area (Å²) < 4.78 is 32.8. The van der Waals surface area contributed by atoms with Crippen LogP contribution < -0.4 is 0 Å². The molecule has 0 aromatic rings. The number of unbranched alkanes of at least 4 members (excludes halogenated alkanes) is 31. The Morgan fingerprint density at radius 3 is 1.27 bits per heavy atom. The summed E-state index contributed by atoms with van der Waals surface area (Å²) in [7, 11) is -4.62. The first-order chi connectivity index (χ1) is 28.7. The van der Waals surface area contributed by atoms with E-state index in [9.17, 15) is 24.2 Å². The number of allylic oxidation sites excluding steroid dienone is 2. The van der Waals surface area contributed by atoms with E-state index in [1.165, 1.54) is 167 Å². The van der Waals surface area contributed by atoms with Crippen molar-refractivity contribution in [3.8, 4) is 0 Å². The third kappa shape index (κ3) is 44.6. The zero-order valence-corrected chi connectivity index (χ0v) is 39.1. The second-order valence-corrected chi connectivity index (χ2v) is 18.3. The van der Waals surface area contributed by atoms with Crippen LogP contribution in [0.1, 0.15) is 245 Å². The molecule has 3 atom stereocenters. The number of phosphoric ester groups is 1. The molecule has 0 aliphatic carbocycles. The van der Waals surface area contributed by atoms with E-state index >= 15 is 0 Å². The molecular formula is C48H93O10P. The van der Waals surface area contributed by atoms with E-state index in [0.29, 0.717) is 12.8 Å². The minimum Gasteiger partial charge on any atom is -0.462 e. The topological polar surface area (TPSA) is 149 Å². The second kappa shape index (κ2) is 44.8. The van der Waals surface area contributed by atoms with E-state index in [1.54, 1.807) is 0 Å². The van der Waals surface area contributed by atoms with Gasteiger partial charge in [0.25, 0.3) is 0 Å². The first-order valence-electron chi connectivity index (χ1n) is 24.6. The van der Waals surface area contributed by atoms with Gasteiger partial charge in [0.1, 0.15) is 12.7 Å². The number of ether oxygens (including phenoxy) is 2. The maximum Gasteiger partial charge on any atom is 0.472 e. The van der Waals surface area contributed by atoms with Crippen LogP contribution in [-0.2, 0) is 32.7 Å². The van der Waals surface area contributed by atoms with Gasteiger partial charge in [0.2, 0.25) is 0 Å². The summed E-state index contributed by atoms with van der Waals surface area (Å²) in [4.78, 5) is 35.1. The van der Waals surface area contributed by atoms with Gasteiger partial charge in [-0.3, -0.25) is 18.6 Å². The van der Waals surface area contributed by atoms with Crippen LogP contribution in [0.4, 0.5) is 0 Å². The summed E-state index contributed by atoms with van der Waals surface area (Å²) in [5.74, 6) is -0.912. The summed E-state index contributed by atoms with van der Waals surface area (Å²) in [5.41, 5.74) is 0. The Balaban J connectivity index is 4.15. The lowest BCUT2D eigenvalue weighted by Gasteiger charge is -2.20. The van der Waals surface area contributed by atoms with Gasteiger partial charge in [-0.25, -0.2) is 4.57 Å². The quantitative estimate of drug-likeness (QED) is 0.0234. The molecule has 0 aliphatic rings. The summed E-state index contributed by atoms with van der Waals surface area (Å²) in [6, 6.07) is 0. The molecule has 0 aromatic carbocycles. The molecule has 0 rings (SSSR count). The van der Waals surface area contributed by atoms with Crippen molar-refractivity contribution in [2.75, 3.05) is 26.4 Å². The molecule has 0 saturated heterocycles. The molecule has 0 heterocycles. The fourth-order valence-electron chi connectivity index (χ4n) is 7.09. The number of esters is 2. The van der Waals surface area contributed by atoms with Gasteiger partial charge in [-0.2, -0.15) is 0 Å². The predicted molar refractivity (Wildman–Crippen MR) is 242 cm³/mol. The van der Waals surface area contributed by atoms with Crippen LogP contribution in [0.2, 0.25) is 0 Å². The number of hydrogen-bond acceptors (Lipinski definition) is 9. The molecule has 0 bridgehead atoms. The fourth-order valence-corrected chi connectivity index (χ4v) is 7.88. The van der Waals surface area contributed by atoms with Crippen molar-refractivity contribution >= 4 is 19.8 Å². The number of carbonyl (C=O) groups excluding carboxylic acids is 2. The average Bonchev–Trinajstić information content (AvgIpc) is 3.22. The van der Waals surface area contributed by atoms with Crippen molar-refractivity contribution in [3.63, 3.8) is 0 Å². The number of carbonyl (C=O) groups is 2. The van der Waals surface area contributed by atoms with Gasteiger partial charge < -0.3 is 24.6 Å². The molecule has 350 valence electrons. The van der Waals surface area contributed by atoms with Crippen LogP contribution >= 0.6 is 7.82 Å². The van der Waals surface area contributed by atoms with E-state index in [-0.39, 0.29) is 19.4 Å². The number of hydrogen-bond donors (Lipinski definition) is 3. The zero-order valence-electron chi connectivity index (χ0n) is 38.2. The predicted octanol–water partition coefficient (Wildman–Crippen LogP) is 13.6. The molecular weight excluding hydrogens is 767 g/mol. The van der Waals surface area contributed by atoms with Gasteiger partial charge in [-0.05, 0) is 32.1 Å². The lowest BCUT2D eigenvalue weighted by Crippen LogP contribution is -2.29. The van der Waals surface area contributed by atoms with Gasteiger partial charge in [0.05, 0.1) is 19.8 Å². The maximum absolute atomic E-state index is 12.7.